The fourth-order valence-electron chi connectivity index (χ4n) is 4.18. The quantitative estimate of drug-likeness (QED) is 0.896. The van der Waals surface area contributed by atoms with Gasteiger partial charge in [-0.3, -0.25) is 0 Å². The third kappa shape index (κ3) is 2.03. The molecule has 23 heavy (non-hydrogen) atoms. The van der Waals surface area contributed by atoms with Crippen LogP contribution in [-0.4, -0.2) is 16.2 Å². The van der Waals surface area contributed by atoms with Gasteiger partial charge in [0.15, 0.2) is 0 Å². The average Bonchev–Trinajstić information content (AvgIpc) is 2.93. The Morgan fingerprint density at radius 3 is 2.74 bits per heavy atom. The molecule has 0 heterocycles. The van der Waals surface area contributed by atoms with E-state index in [9.17, 15) is 9.90 Å². The zero-order chi connectivity index (χ0) is 16.4. The van der Waals surface area contributed by atoms with Gasteiger partial charge in [-0.05, 0) is 54.5 Å². The molecule has 2 aliphatic rings. The van der Waals surface area contributed by atoms with Crippen LogP contribution >= 0.6 is 11.6 Å². The number of carboxylic acid groups (broad SMARTS) is 1. The minimum atomic E-state index is -0.921. The molecule has 0 amide bonds. The molecular formula is C19H17ClO3. The number of rotatable bonds is 3. The second-order valence-corrected chi connectivity index (χ2v) is 7.12. The largest absolute Gasteiger partial charge is 0.478 e. The van der Waals surface area contributed by atoms with E-state index in [1.165, 1.54) is 0 Å². The maximum absolute atomic E-state index is 11.1. The summed E-state index contributed by atoms with van der Waals surface area (Å²) in [7, 11) is 0. The van der Waals surface area contributed by atoms with Crippen molar-refractivity contribution in [3.8, 4) is 0 Å². The molecule has 0 saturated heterocycles. The third-order valence-corrected chi connectivity index (χ3v) is 5.77. The zero-order valence-corrected chi connectivity index (χ0v) is 13.4. The van der Waals surface area contributed by atoms with Gasteiger partial charge >= 0.3 is 5.97 Å². The number of halogens is 1. The highest BCUT2D eigenvalue weighted by atomic mass is 35.5. The van der Waals surface area contributed by atoms with E-state index in [0.29, 0.717) is 10.6 Å². The van der Waals surface area contributed by atoms with Crippen LogP contribution in [0.1, 0.15) is 39.4 Å². The van der Waals surface area contributed by atoms with Gasteiger partial charge in [-0.25, -0.2) is 4.79 Å². The molecule has 0 spiro atoms. The maximum Gasteiger partial charge on any atom is 0.335 e. The first-order valence-corrected chi connectivity index (χ1v) is 8.13. The molecular weight excluding hydrogens is 312 g/mol. The van der Waals surface area contributed by atoms with Crippen molar-refractivity contribution >= 4 is 17.6 Å². The van der Waals surface area contributed by atoms with E-state index in [1.54, 1.807) is 18.2 Å². The third-order valence-electron chi connectivity index (χ3n) is 5.46. The van der Waals surface area contributed by atoms with E-state index in [4.69, 9.17) is 16.7 Å². The van der Waals surface area contributed by atoms with Crippen LogP contribution in [0.2, 0.25) is 5.02 Å². The van der Waals surface area contributed by atoms with Crippen molar-refractivity contribution in [3.63, 3.8) is 0 Å². The minimum Gasteiger partial charge on any atom is -0.478 e. The lowest BCUT2D eigenvalue weighted by Crippen LogP contribution is -2.14. The Labute approximate surface area is 139 Å². The normalized spacial score (nSPS) is 31.2. The summed E-state index contributed by atoms with van der Waals surface area (Å²) in [4.78, 5) is 11.1. The lowest BCUT2D eigenvalue weighted by Gasteiger charge is -2.24. The minimum absolute atomic E-state index is 0.131. The molecule has 2 aromatic rings. The summed E-state index contributed by atoms with van der Waals surface area (Å²) < 4.78 is 0. The first kappa shape index (κ1) is 14.7. The van der Waals surface area contributed by atoms with Crippen LogP contribution in [0.5, 0.6) is 0 Å². The van der Waals surface area contributed by atoms with Gasteiger partial charge in [0.25, 0.3) is 0 Å². The van der Waals surface area contributed by atoms with Gasteiger partial charge in [0, 0.05) is 16.5 Å². The van der Waals surface area contributed by atoms with Crippen molar-refractivity contribution in [1.82, 2.24) is 0 Å². The smallest absolute Gasteiger partial charge is 0.335 e. The number of benzene rings is 2. The molecule has 3 nitrogen and oxygen atoms in total. The van der Waals surface area contributed by atoms with Crippen LogP contribution < -0.4 is 0 Å². The lowest BCUT2D eigenvalue weighted by molar-refractivity contribution is 0.0696. The number of aromatic carboxylic acids is 1. The Morgan fingerprint density at radius 1 is 1.26 bits per heavy atom. The van der Waals surface area contributed by atoms with E-state index >= 15 is 0 Å². The van der Waals surface area contributed by atoms with E-state index in [2.05, 4.69) is 0 Å². The summed E-state index contributed by atoms with van der Waals surface area (Å²) >= 11 is 6.34. The number of aryl methyl sites for hydroxylation is 1. The van der Waals surface area contributed by atoms with Gasteiger partial charge in [0.2, 0.25) is 0 Å². The average molecular weight is 329 g/mol. The number of hydrogen-bond acceptors (Lipinski definition) is 2. The highest BCUT2D eigenvalue weighted by Gasteiger charge is 2.74. The van der Waals surface area contributed by atoms with Crippen LogP contribution in [0.25, 0.3) is 0 Å². The molecule has 2 N–H and O–H groups in total. The Hall–Kier alpha value is -1.84. The molecule has 118 valence electrons. The van der Waals surface area contributed by atoms with Crippen LogP contribution in [0, 0.1) is 18.8 Å². The molecule has 4 atom stereocenters. The monoisotopic (exact) mass is 328 g/mol. The predicted molar refractivity (Wildman–Crippen MR) is 87.8 cm³/mol. The molecule has 2 fully saturated rings. The number of hydrogen-bond donors (Lipinski definition) is 2. The van der Waals surface area contributed by atoms with Crippen molar-refractivity contribution < 1.29 is 15.0 Å². The van der Waals surface area contributed by atoms with Crippen molar-refractivity contribution in [1.29, 1.82) is 0 Å². The first-order valence-electron chi connectivity index (χ1n) is 7.75. The molecule has 0 radical (unpaired) electrons. The fourth-order valence-corrected chi connectivity index (χ4v) is 4.57. The fraction of sp³-hybridized carbons (Fsp3) is 0.316. The number of fused-ring (bicyclic) bond motifs is 1. The van der Waals surface area contributed by atoms with Gasteiger partial charge in [0.05, 0.1) is 11.2 Å². The van der Waals surface area contributed by atoms with Crippen LogP contribution in [0.15, 0.2) is 42.5 Å². The van der Waals surface area contributed by atoms with E-state index < -0.39 is 11.6 Å². The summed E-state index contributed by atoms with van der Waals surface area (Å²) in [5.74, 6) is -0.370. The topological polar surface area (TPSA) is 57.5 Å². The summed E-state index contributed by atoms with van der Waals surface area (Å²) in [6.45, 7) is 1.97. The van der Waals surface area contributed by atoms with Gasteiger partial charge in [-0.2, -0.15) is 0 Å². The Bertz CT molecular complexity index is 816. The number of carbonyl (C=O) groups is 1. The van der Waals surface area contributed by atoms with Crippen molar-refractivity contribution in [3.05, 3.63) is 69.7 Å². The molecule has 2 aromatic carbocycles. The molecule has 2 saturated carbocycles. The first-order chi connectivity index (χ1) is 10.9. The number of aliphatic hydroxyl groups is 1. The predicted octanol–water partition coefficient (Wildman–Crippen LogP) is 3.97. The SMILES string of the molecule is Cc1ccc(C2(O)C3CC(c4cccc(C(=O)O)c4)C32)c(Cl)c1. The summed E-state index contributed by atoms with van der Waals surface area (Å²) in [5, 5.41) is 20.8. The summed E-state index contributed by atoms with van der Waals surface area (Å²) in [5.41, 5.74) is 2.29. The molecule has 2 aliphatic carbocycles. The molecule has 4 heteroatoms. The van der Waals surface area contributed by atoms with Crippen LogP contribution in [0.4, 0.5) is 0 Å². The molecule has 4 rings (SSSR count). The molecule has 0 bridgehead atoms. The standard InChI is InChI=1S/C19H17ClO3/c1-10-5-6-14(16(20)7-10)19(23)15-9-13(17(15)19)11-3-2-4-12(8-11)18(21)22/h2-8,13,15,17,23H,9H2,1H3,(H,21,22). The van der Waals surface area contributed by atoms with Crippen LogP contribution in [0.3, 0.4) is 0 Å². The van der Waals surface area contributed by atoms with Gasteiger partial charge in [0.1, 0.15) is 0 Å². The zero-order valence-electron chi connectivity index (χ0n) is 12.7. The van der Waals surface area contributed by atoms with Gasteiger partial charge in [-0.1, -0.05) is 35.9 Å². The molecule has 0 aliphatic heterocycles. The Balaban J connectivity index is 1.64. The summed E-state index contributed by atoms with van der Waals surface area (Å²) in [6, 6.07) is 12.8. The lowest BCUT2D eigenvalue weighted by atomic mass is 9.79. The van der Waals surface area contributed by atoms with Crippen LogP contribution in [-0.2, 0) is 5.60 Å². The van der Waals surface area contributed by atoms with Crippen molar-refractivity contribution in [2.45, 2.75) is 24.9 Å². The van der Waals surface area contributed by atoms with Crippen molar-refractivity contribution in [2.24, 2.45) is 11.8 Å². The van der Waals surface area contributed by atoms with E-state index in [-0.39, 0.29) is 17.8 Å². The number of carboxylic acids is 1. The second kappa shape index (κ2) is 4.83. The molecule has 0 aromatic heterocycles. The summed E-state index contributed by atoms with van der Waals surface area (Å²) in [6.07, 6.45) is 0.869. The van der Waals surface area contributed by atoms with Gasteiger partial charge < -0.3 is 10.2 Å². The Kier molecular flexibility index (Phi) is 3.09. The second-order valence-electron chi connectivity index (χ2n) is 6.71. The Morgan fingerprint density at radius 2 is 2.04 bits per heavy atom. The highest BCUT2D eigenvalue weighted by Crippen LogP contribution is 2.75. The van der Waals surface area contributed by atoms with E-state index in [1.807, 2.05) is 31.2 Å². The molecule has 4 unspecified atom stereocenters. The van der Waals surface area contributed by atoms with Crippen molar-refractivity contribution in [2.75, 3.05) is 0 Å². The van der Waals surface area contributed by atoms with Gasteiger partial charge in [-0.15, -0.1) is 0 Å². The van der Waals surface area contributed by atoms with E-state index in [0.717, 1.165) is 23.1 Å². The highest BCUT2D eigenvalue weighted by molar-refractivity contribution is 6.31. The maximum atomic E-state index is 11.1.